The third-order valence-corrected chi connectivity index (χ3v) is 3.66. The number of rotatable bonds is 8. The van der Waals surface area contributed by atoms with Crippen LogP contribution in [-0.4, -0.2) is 38.6 Å². The van der Waals surface area contributed by atoms with Crippen LogP contribution in [0.15, 0.2) is 42.5 Å². The van der Waals surface area contributed by atoms with Crippen LogP contribution in [-0.2, 0) is 11.3 Å². The largest absolute Gasteiger partial charge is 0.493 e. The zero-order valence-corrected chi connectivity index (χ0v) is 14.9. The van der Waals surface area contributed by atoms with Gasteiger partial charge in [0.15, 0.2) is 18.1 Å². The molecule has 0 saturated carbocycles. The number of nitrogens with zero attached hydrogens (tertiary/aromatic N) is 2. The molecule has 0 aromatic heterocycles. The topological polar surface area (TPSA) is 93.9 Å². The van der Waals surface area contributed by atoms with Crippen molar-refractivity contribution in [1.82, 2.24) is 5.32 Å². The van der Waals surface area contributed by atoms with E-state index in [2.05, 4.69) is 5.32 Å². The molecule has 1 N–H and O–H groups in total. The Morgan fingerprint density at radius 3 is 2.42 bits per heavy atom. The second-order valence-electron chi connectivity index (χ2n) is 5.72. The quantitative estimate of drug-likeness (QED) is 0.574. The normalized spacial score (nSPS) is 10.1. The maximum atomic E-state index is 12.0. The van der Waals surface area contributed by atoms with E-state index in [9.17, 15) is 14.9 Å². The van der Waals surface area contributed by atoms with Crippen molar-refractivity contribution >= 4 is 17.3 Å². The maximum Gasteiger partial charge on any atom is 0.273 e. The van der Waals surface area contributed by atoms with E-state index < -0.39 is 4.92 Å². The van der Waals surface area contributed by atoms with E-state index in [1.807, 2.05) is 43.3 Å². The van der Waals surface area contributed by atoms with E-state index in [1.54, 1.807) is 0 Å². The van der Waals surface area contributed by atoms with Crippen molar-refractivity contribution in [3.8, 4) is 11.5 Å². The summed E-state index contributed by atoms with van der Waals surface area (Å²) in [7, 11) is 5.33. The van der Waals surface area contributed by atoms with Gasteiger partial charge in [0.1, 0.15) is 0 Å². The molecule has 0 fully saturated rings. The molecule has 8 nitrogen and oxygen atoms in total. The fourth-order valence-corrected chi connectivity index (χ4v) is 2.20. The highest BCUT2D eigenvalue weighted by molar-refractivity contribution is 5.77. The Morgan fingerprint density at radius 2 is 1.85 bits per heavy atom. The zero-order chi connectivity index (χ0) is 19.1. The standard InChI is InChI=1S/C18H21N3O5/c1-20(2)14-6-4-13(5-7-14)11-19-18(22)12-26-17-10-15(21(23)24)8-9-16(17)25-3/h4-10H,11-12H2,1-3H3,(H,19,22). The molecule has 0 radical (unpaired) electrons. The van der Waals surface area contributed by atoms with Crippen molar-refractivity contribution < 1.29 is 19.2 Å². The minimum absolute atomic E-state index is 0.137. The van der Waals surface area contributed by atoms with E-state index in [4.69, 9.17) is 9.47 Å². The number of methoxy groups -OCH3 is 1. The van der Waals surface area contributed by atoms with Gasteiger partial charge in [-0.15, -0.1) is 0 Å². The number of nitro benzene ring substituents is 1. The summed E-state index contributed by atoms with van der Waals surface area (Å²) in [5.41, 5.74) is 1.89. The highest BCUT2D eigenvalue weighted by Gasteiger charge is 2.13. The van der Waals surface area contributed by atoms with Crippen LogP contribution >= 0.6 is 0 Å². The average Bonchev–Trinajstić information content (AvgIpc) is 2.64. The molecule has 0 spiro atoms. The minimum atomic E-state index is -0.538. The number of anilines is 1. The fraction of sp³-hybridized carbons (Fsp3) is 0.278. The Bertz CT molecular complexity index is 775. The van der Waals surface area contributed by atoms with E-state index in [0.29, 0.717) is 12.3 Å². The molecule has 0 aliphatic heterocycles. The van der Waals surface area contributed by atoms with Gasteiger partial charge >= 0.3 is 0 Å². The van der Waals surface area contributed by atoms with Gasteiger partial charge in [0.25, 0.3) is 11.6 Å². The van der Waals surface area contributed by atoms with E-state index in [-0.39, 0.29) is 24.0 Å². The molecule has 0 heterocycles. The highest BCUT2D eigenvalue weighted by atomic mass is 16.6. The molecule has 2 aromatic rings. The number of nitro groups is 1. The van der Waals surface area contributed by atoms with Gasteiger partial charge in [-0.05, 0) is 23.8 Å². The van der Waals surface area contributed by atoms with Crippen LogP contribution in [0.5, 0.6) is 11.5 Å². The van der Waals surface area contributed by atoms with Crippen molar-refractivity contribution in [2.45, 2.75) is 6.54 Å². The van der Waals surface area contributed by atoms with Crippen LogP contribution in [0.25, 0.3) is 0 Å². The van der Waals surface area contributed by atoms with Gasteiger partial charge in [0.05, 0.1) is 18.1 Å². The van der Waals surface area contributed by atoms with Gasteiger partial charge in [-0.3, -0.25) is 14.9 Å². The third-order valence-electron chi connectivity index (χ3n) is 3.66. The SMILES string of the molecule is COc1ccc([N+](=O)[O-])cc1OCC(=O)NCc1ccc(N(C)C)cc1. The second kappa shape index (κ2) is 8.70. The lowest BCUT2D eigenvalue weighted by Crippen LogP contribution is -2.28. The number of hydrogen-bond acceptors (Lipinski definition) is 6. The third kappa shape index (κ3) is 5.10. The first-order chi connectivity index (χ1) is 12.4. The van der Waals surface area contributed by atoms with E-state index in [1.165, 1.54) is 25.3 Å². The molecule has 8 heteroatoms. The van der Waals surface area contributed by atoms with Crippen LogP contribution in [0.4, 0.5) is 11.4 Å². The maximum absolute atomic E-state index is 12.0. The van der Waals surface area contributed by atoms with E-state index in [0.717, 1.165) is 11.3 Å². The zero-order valence-electron chi connectivity index (χ0n) is 14.9. The van der Waals surface area contributed by atoms with Gasteiger partial charge in [-0.25, -0.2) is 0 Å². The molecule has 0 unspecified atom stereocenters. The summed E-state index contributed by atoms with van der Waals surface area (Å²) >= 11 is 0. The Kier molecular flexibility index (Phi) is 6.37. The molecule has 1 amide bonds. The van der Waals surface area contributed by atoms with Crippen LogP contribution < -0.4 is 19.7 Å². The molecular formula is C18H21N3O5. The minimum Gasteiger partial charge on any atom is -0.493 e. The Labute approximate surface area is 151 Å². The van der Waals surface area contributed by atoms with Crippen LogP contribution in [0.1, 0.15) is 5.56 Å². The van der Waals surface area contributed by atoms with Crippen molar-refractivity contribution in [3.63, 3.8) is 0 Å². The second-order valence-corrected chi connectivity index (χ2v) is 5.72. The van der Waals surface area contributed by atoms with Gasteiger partial charge in [0, 0.05) is 32.4 Å². The van der Waals surface area contributed by atoms with Crippen LogP contribution in [0.2, 0.25) is 0 Å². The van der Waals surface area contributed by atoms with Crippen molar-refractivity contribution in [2.24, 2.45) is 0 Å². The number of ether oxygens (including phenoxy) is 2. The Morgan fingerprint density at radius 1 is 1.15 bits per heavy atom. The first kappa shape index (κ1) is 19.0. The molecule has 0 saturated heterocycles. The molecule has 2 rings (SSSR count). The average molecular weight is 359 g/mol. The fourth-order valence-electron chi connectivity index (χ4n) is 2.20. The monoisotopic (exact) mass is 359 g/mol. The number of hydrogen-bond donors (Lipinski definition) is 1. The summed E-state index contributed by atoms with van der Waals surface area (Å²) < 4.78 is 10.5. The molecule has 0 aliphatic rings. The summed E-state index contributed by atoms with van der Waals surface area (Å²) in [5.74, 6) is 0.130. The molecule has 2 aromatic carbocycles. The number of benzene rings is 2. The predicted octanol–water partition coefficient (Wildman–Crippen LogP) is 2.36. The lowest BCUT2D eigenvalue weighted by atomic mass is 10.2. The van der Waals surface area contributed by atoms with Gasteiger partial charge < -0.3 is 19.7 Å². The van der Waals surface area contributed by atoms with Gasteiger partial charge in [0.2, 0.25) is 0 Å². The Balaban J connectivity index is 1.90. The smallest absolute Gasteiger partial charge is 0.273 e. The van der Waals surface area contributed by atoms with Crippen LogP contribution in [0.3, 0.4) is 0 Å². The first-order valence-electron chi connectivity index (χ1n) is 7.89. The summed E-state index contributed by atoms with van der Waals surface area (Å²) in [5, 5.41) is 13.6. The molecule has 0 aliphatic carbocycles. The number of nitrogens with one attached hydrogen (secondary N) is 1. The molecule has 138 valence electrons. The first-order valence-corrected chi connectivity index (χ1v) is 7.89. The van der Waals surface area contributed by atoms with Crippen molar-refractivity contribution in [2.75, 3.05) is 32.7 Å². The predicted molar refractivity (Wildman–Crippen MR) is 97.8 cm³/mol. The van der Waals surface area contributed by atoms with Crippen molar-refractivity contribution in [3.05, 3.63) is 58.1 Å². The van der Waals surface area contributed by atoms with Crippen molar-refractivity contribution in [1.29, 1.82) is 0 Å². The van der Waals surface area contributed by atoms with Crippen LogP contribution in [0, 0.1) is 10.1 Å². The number of non-ortho nitro benzene ring substituents is 1. The van der Waals surface area contributed by atoms with Gasteiger partial charge in [-0.1, -0.05) is 12.1 Å². The summed E-state index contributed by atoms with van der Waals surface area (Å²) in [6.45, 7) is 0.0925. The summed E-state index contributed by atoms with van der Waals surface area (Å²) in [6, 6.07) is 11.8. The lowest BCUT2D eigenvalue weighted by molar-refractivity contribution is -0.385. The molecule has 26 heavy (non-hydrogen) atoms. The number of carbonyl (C=O) groups is 1. The lowest BCUT2D eigenvalue weighted by Gasteiger charge is -2.13. The Hall–Kier alpha value is -3.29. The molecule has 0 bridgehead atoms. The number of carbonyl (C=O) groups excluding carboxylic acids is 1. The summed E-state index contributed by atoms with van der Waals surface area (Å²) in [4.78, 5) is 24.3. The molecular weight excluding hydrogens is 338 g/mol. The van der Waals surface area contributed by atoms with E-state index >= 15 is 0 Å². The summed E-state index contributed by atoms with van der Waals surface area (Å²) in [6.07, 6.45) is 0. The van der Waals surface area contributed by atoms with Gasteiger partial charge in [-0.2, -0.15) is 0 Å². The number of amides is 1. The highest BCUT2D eigenvalue weighted by Crippen LogP contribution is 2.31. The molecule has 0 atom stereocenters.